The molecule has 128 valence electrons. The fourth-order valence-corrected chi connectivity index (χ4v) is 2.50. The van der Waals surface area contributed by atoms with Gasteiger partial charge in [-0.15, -0.1) is 0 Å². The zero-order chi connectivity index (χ0) is 17.5. The third kappa shape index (κ3) is 4.91. The summed E-state index contributed by atoms with van der Waals surface area (Å²) in [6.45, 7) is 0.503. The fourth-order valence-electron chi connectivity index (χ4n) is 2.50. The summed E-state index contributed by atoms with van der Waals surface area (Å²) in [6.07, 6.45) is 3.19. The summed E-state index contributed by atoms with van der Waals surface area (Å²) < 4.78 is 5.23. The molecule has 0 bridgehead atoms. The average molecular weight is 336 g/mol. The van der Waals surface area contributed by atoms with Crippen LogP contribution in [0, 0.1) is 0 Å². The third-order valence-electron chi connectivity index (χ3n) is 3.76. The third-order valence-corrected chi connectivity index (χ3v) is 3.76. The van der Waals surface area contributed by atoms with Gasteiger partial charge in [-0.1, -0.05) is 18.2 Å². The summed E-state index contributed by atoms with van der Waals surface area (Å²) >= 11 is 0. The highest BCUT2D eigenvalue weighted by Gasteiger charge is 2.04. The van der Waals surface area contributed by atoms with Crippen LogP contribution >= 0.6 is 0 Å². The molecule has 1 aromatic carbocycles. The van der Waals surface area contributed by atoms with Gasteiger partial charge in [0.2, 0.25) is 5.95 Å². The number of aromatic nitrogens is 3. The van der Waals surface area contributed by atoms with Crippen molar-refractivity contribution in [1.82, 2.24) is 15.0 Å². The van der Waals surface area contributed by atoms with Gasteiger partial charge in [0.05, 0.1) is 25.0 Å². The SMILES string of the molecule is COc1cccc(CCc2cc(=O)[nH]c(NCc3ccccn3)n2)c1. The Bertz CT molecular complexity index is 878. The lowest BCUT2D eigenvalue weighted by Gasteiger charge is -2.07. The minimum absolute atomic E-state index is 0.167. The molecular weight excluding hydrogens is 316 g/mol. The first kappa shape index (κ1) is 16.7. The standard InChI is InChI=1S/C19H20N4O2/c1-25-17-7-4-5-14(11-17)8-9-15-12-18(24)23-19(22-15)21-13-16-6-2-3-10-20-16/h2-7,10-12H,8-9,13H2,1H3,(H2,21,22,23,24). The molecule has 6 heteroatoms. The number of methoxy groups -OCH3 is 1. The maximum atomic E-state index is 11.9. The number of hydrogen-bond donors (Lipinski definition) is 2. The summed E-state index contributed by atoms with van der Waals surface area (Å²) in [7, 11) is 1.65. The number of hydrogen-bond acceptors (Lipinski definition) is 5. The van der Waals surface area contributed by atoms with Gasteiger partial charge in [0.25, 0.3) is 5.56 Å². The monoisotopic (exact) mass is 336 g/mol. The van der Waals surface area contributed by atoms with Crippen molar-refractivity contribution in [2.45, 2.75) is 19.4 Å². The predicted molar refractivity (Wildman–Crippen MR) is 96.8 cm³/mol. The molecule has 0 unspecified atom stereocenters. The summed E-state index contributed by atoms with van der Waals surface area (Å²) in [4.78, 5) is 23.3. The van der Waals surface area contributed by atoms with E-state index >= 15 is 0 Å². The molecule has 2 N–H and O–H groups in total. The number of ether oxygens (including phenoxy) is 1. The molecule has 2 aromatic heterocycles. The van der Waals surface area contributed by atoms with Gasteiger partial charge in [0.15, 0.2) is 0 Å². The van der Waals surface area contributed by atoms with Gasteiger partial charge in [0.1, 0.15) is 5.75 Å². The minimum atomic E-state index is -0.167. The van der Waals surface area contributed by atoms with Gasteiger partial charge in [-0.3, -0.25) is 14.8 Å². The molecule has 3 aromatic rings. The number of benzene rings is 1. The van der Waals surface area contributed by atoms with E-state index in [-0.39, 0.29) is 5.56 Å². The van der Waals surface area contributed by atoms with E-state index in [9.17, 15) is 4.79 Å². The van der Waals surface area contributed by atoms with Crippen LogP contribution in [0.1, 0.15) is 17.0 Å². The Labute approximate surface area is 145 Å². The number of rotatable bonds is 7. The smallest absolute Gasteiger partial charge is 0.252 e. The van der Waals surface area contributed by atoms with Crippen molar-refractivity contribution in [3.8, 4) is 5.75 Å². The van der Waals surface area contributed by atoms with Crippen LogP contribution < -0.4 is 15.6 Å². The molecule has 0 amide bonds. The maximum absolute atomic E-state index is 11.9. The first-order chi connectivity index (χ1) is 12.2. The minimum Gasteiger partial charge on any atom is -0.497 e. The topological polar surface area (TPSA) is 79.9 Å². The molecule has 2 heterocycles. The molecule has 0 spiro atoms. The van der Waals surface area contributed by atoms with Crippen molar-refractivity contribution in [3.63, 3.8) is 0 Å². The molecule has 0 fully saturated rings. The Kier molecular flexibility index (Phi) is 5.41. The molecule has 0 aliphatic carbocycles. The molecule has 0 atom stereocenters. The van der Waals surface area contributed by atoms with Crippen molar-refractivity contribution >= 4 is 5.95 Å². The van der Waals surface area contributed by atoms with Crippen molar-refractivity contribution in [2.24, 2.45) is 0 Å². The van der Waals surface area contributed by atoms with E-state index in [0.29, 0.717) is 18.9 Å². The normalized spacial score (nSPS) is 10.4. The molecule has 0 saturated carbocycles. The van der Waals surface area contributed by atoms with Gasteiger partial charge in [-0.05, 0) is 42.7 Å². The summed E-state index contributed by atoms with van der Waals surface area (Å²) in [6, 6.07) is 15.1. The van der Waals surface area contributed by atoms with E-state index < -0.39 is 0 Å². The van der Waals surface area contributed by atoms with Crippen LogP contribution in [-0.2, 0) is 19.4 Å². The van der Waals surface area contributed by atoms with E-state index in [4.69, 9.17) is 4.74 Å². The summed E-state index contributed by atoms with van der Waals surface area (Å²) in [5.41, 5.74) is 2.60. The van der Waals surface area contributed by atoms with Crippen molar-refractivity contribution in [1.29, 1.82) is 0 Å². The first-order valence-electron chi connectivity index (χ1n) is 8.10. The van der Waals surface area contributed by atoms with Crippen LogP contribution in [-0.4, -0.2) is 22.1 Å². The lowest BCUT2D eigenvalue weighted by atomic mass is 10.1. The molecule has 0 aliphatic heterocycles. The first-order valence-corrected chi connectivity index (χ1v) is 8.10. The highest BCUT2D eigenvalue weighted by Crippen LogP contribution is 2.14. The van der Waals surface area contributed by atoms with Crippen LogP contribution in [0.2, 0.25) is 0 Å². The Balaban J connectivity index is 1.65. The lowest BCUT2D eigenvalue weighted by molar-refractivity contribution is 0.414. The van der Waals surface area contributed by atoms with Crippen LogP contribution in [0.5, 0.6) is 5.75 Å². The van der Waals surface area contributed by atoms with Crippen molar-refractivity contribution < 1.29 is 4.74 Å². The molecule has 3 rings (SSSR count). The number of anilines is 1. The summed E-state index contributed by atoms with van der Waals surface area (Å²) in [5.74, 6) is 1.29. The van der Waals surface area contributed by atoms with Gasteiger partial charge >= 0.3 is 0 Å². The van der Waals surface area contributed by atoms with Crippen molar-refractivity contribution in [3.05, 3.63) is 82.0 Å². The number of aromatic amines is 1. The van der Waals surface area contributed by atoms with E-state index in [1.165, 1.54) is 6.07 Å². The number of nitrogens with zero attached hydrogens (tertiary/aromatic N) is 2. The fraction of sp³-hybridized carbons (Fsp3) is 0.211. The van der Waals surface area contributed by atoms with Gasteiger partial charge < -0.3 is 10.1 Å². The Morgan fingerprint density at radius 1 is 1.08 bits per heavy atom. The number of aryl methyl sites for hydroxylation is 2. The number of H-pyrrole nitrogens is 1. The van der Waals surface area contributed by atoms with Gasteiger partial charge in [-0.25, -0.2) is 4.98 Å². The summed E-state index contributed by atoms with van der Waals surface area (Å²) in [5, 5.41) is 3.11. The predicted octanol–water partition coefficient (Wildman–Crippen LogP) is 2.57. The van der Waals surface area contributed by atoms with Crippen LogP contribution in [0.25, 0.3) is 0 Å². The highest BCUT2D eigenvalue weighted by atomic mass is 16.5. The second kappa shape index (κ2) is 8.10. The van der Waals surface area contributed by atoms with E-state index in [0.717, 1.165) is 29.1 Å². The van der Waals surface area contributed by atoms with E-state index in [2.05, 4.69) is 20.3 Å². The zero-order valence-electron chi connectivity index (χ0n) is 14.0. The highest BCUT2D eigenvalue weighted by molar-refractivity contribution is 5.30. The largest absolute Gasteiger partial charge is 0.497 e. The quantitative estimate of drug-likeness (QED) is 0.693. The Morgan fingerprint density at radius 2 is 2.00 bits per heavy atom. The second-order valence-corrected chi connectivity index (χ2v) is 5.61. The van der Waals surface area contributed by atoms with E-state index in [1.54, 1.807) is 13.3 Å². The second-order valence-electron chi connectivity index (χ2n) is 5.61. The molecule has 0 saturated heterocycles. The Morgan fingerprint density at radius 3 is 2.80 bits per heavy atom. The molecular formula is C19H20N4O2. The van der Waals surface area contributed by atoms with Gasteiger partial charge in [0, 0.05) is 12.3 Å². The molecule has 0 aliphatic rings. The number of nitrogens with one attached hydrogen (secondary N) is 2. The number of pyridine rings is 1. The Hall–Kier alpha value is -3.15. The average Bonchev–Trinajstić information content (AvgIpc) is 2.65. The molecule has 25 heavy (non-hydrogen) atoms. The molecule has 6 nitrogen and oxygen atoms in total. The van der Waals surface area contributed by atoms with Gasteiger partial charge in [-0.2, -0.15) is 0 Å². The van der Waals surface area contributed by atoms with Crippen molar-refractivity contribution in [2.75, 3.05) is 12.4 Å². The van der Waals surface area contributed by atoms with Crippen LogP contribution in [0.3, 0.4) is 0 Å². The van der Waals surface area contributed by atoms with Crippen LogP contribution in [0.4, 0.5) is 5.95 Å². The van der Waals surface area contributed by atoms with Crippen LogP contribution in [0.15, 0.2) is 59.5 Å². The zero-order valence-corrected chi connectivity index (χ0v) is 14.0. The lowest BCUT2D eigenvalue weighted by Crippen LogP contribution is -2.14. The molecule has 0 radical (unpaired) electrons. The van der Waals surface area contributed by atoms with E-state index in [1.807, 2.05) is 42.5 Å². The maximum Gasteiger partial charge on any atom is 0.252 e.